The van der Waals surface area contributed by atoms with E-state index in [4.69, 9.17) is 9.47 Å². The maximum Gasteiger partial charge on any atom is 0.265 e. The van der Waals surface area contributed by atoms with Gasteiger partial charge in [-0.25, -0.2) is 4.98 Å². The Morgan fingerprint density at radius 2 is 1.90 bits per heavy atom. The second-order valence-corrected chi connectivity index (χ2v) is 7.08. The number of hydrogen-bond acceptors (Lipinski definition) is 4. The van der Waals surface area contributed by atoms with Crippen LogP contribution in [0, 0.1) is 6.92 Å². The lowest BCUT2D eigenvalue weighted by Crippen LogP contribution is -2.30. The monoisotopic (exact) mass is 401 g/mol. The topological polar surface area (TPSA) is 64.9 Å². The third-order valence-corrected chi connectivity index (χ3v) is 4.57. The second kappa shape index (κ2) is 8.69. The van der Waals surface area contributed by atoms with E-state index in [1.54, 1.807) is 13.0 Å². The van der Waals surface area contributed by atoms with Gasteiger partial charge in [0.25, 0.3) is 5.91 Å². The number of fused-ring (bicyclic) bond motifs is 1. The molecule has 6 heteroatoms. The van der Waals surface area contributed by atoms with E-state index in [1.165, 1.54) is 0 Å². The van der Waals surface area contributed by atoms with Crippen molar-refractivity contribution in [3.05, 3.63) is 90.4 Å². The molecule has 0 radical (unpaired) electrons. The Bertz CT molecular complexity index is 1140. The summed E-state index contributed by atoms with van der Waals surface area (Å²) in [6, 6.07) is 20.7. The lowest BCUT2D eigenvalue weighted by atomic mass is 10.2. The molecule has 4 aromatic rings. The van der Waals surface area contributed by atoms with Gasteiger partial charge in [0.05, 0.1) is 5.69 Å². The van der Waals surface area contributed by atoms with Crippen LogP contribution in [0.1, 0.15) is 18.2 Å². The highest BCUT2D eigenvalue weighted by molar-refractivity contribution is 5.94. The van der Waals surface area contributed by atoms with Crippen molar-refractivity contribution in [2.45, 2.75) is 26.6 Å². The van der Waals surface area contributed by atoms with E-state index < -0.39 is 6.10 Å². The van der Waals surface area contributed by atoms with Crippen molar-refractivity contribution < 1.29 is 14.3 Å². The van der Waals surface area contributed by atoms with Gasteiger partial charge in [0.1, 0.15) is 23.8 Å². The van der Waals surface area contributed by atoms with Gasteiger partial charge in [-0.1, -0.05) is 24.3 Å². The number of carbonyl (C=O) groups is 1. The quantitative estimate of drug-likeness (QED) is 0.490. The van der Waals surface area contributed by atoms with Gasteiger partial charge in [0.2, 0.25) is 0 Å². The first-order valence-corrected chi connectivity index (χ1v) is 9.76. The first kappa shape index (κ1) is 19.5. The Kier molecular flexibility index (Phi) is 5.66. The lowest BCUT2D eigenvalue weighted by Gasteiger charge is -2.15. The molecule has 1 amide bonds. The zero-order valence-corrected chi connectivity index (χ0v) is 16.9. The summed E-state index contributed by atoms with van der Waals surface area (Å²) >= 11 is 0. The van der Waals surface area contributed by atoms with Crippen LogP contribution in [0.2, 0.25) is 0 Å². The molecule has 4 rings (SSSR count). The number of pyridine rings is 1. The molecule has 6 nitrogen and oxygen atoms in total. The predicted molar refractivity (Wildman–Crippen MR) is 116 cm³/mol. The van der Waals surface area contributed by atoms with E-state index >= 15 is 0 Å². The molecule has 0 bridgehead atoms. The number of amides is 1. The van der Waals surface area contributed by atoms with Gasteiger partial charge in [-0.05, 0) is 55.8 Å². The minimum Gasteiger partial charge on any atom is -0.487 e. The molecule has 152 valence electrons. The van der Waals surface area contributed by atoms with Crippen LogP contribution >= 0.6 is 0 Å². The molecule has 1 atom stereocenters. The largest absolute Gasteiger partial charge is 0.487 e. The molecule has 2 aromatic heterocycles. The van der Waals surface area contributed by atoms with Gasteiger partial charge in [-0.2, -0.15) is 0 Å². The molecule has 1 unspecified atom stereocenters. The first-order valence-electron chi connectivity index (χ1n) is 9.76. The van der Waals surface area contributed by atoms with Crippen molar-refractivity contribution in [2.24, 2.45) is 0 Å². The number of rotatable bonds is 7. The van der Waals surface area contributed by atoms with Crippen molar-refractivity contribution in [3.63, 3.8) is 0 Å². The number of ether oxygens (including phenoxy) is 2. The summed E-state index contributed by atoms with van der Waals surface area (Å²) in [6.45, 7) is 4.04. The second-order valence-electron chi connectivity index (χ2n) is 7.08. The lowest BCUT2D eigenvalue weighted by molar-refractivity contribution is -0.122. The number of nitrogens with zero attached hydrogens (tertiary/aromatic N) is 2. The van der Waals surface area contributed by atoms with E-state index in [1.807, 2.05) is 84.4 Å². The minimum absolute atomic E-state index is 0.228. The summed E-state index contributed by atoms with van der Waals surface area (Å²) in [5.74, 6) is 1.09. The highest BCUT2D eigenvalue weighted by atomic mass is 16.5. The van der Waals surface area contributed by atoms with Crippen LogP contribution in [0.25, 0.3) is 5.65 Å². The Morgan fingerprint density at radius 1 is 1.07 bits per heavy atom. The fraction of sp³-hybridized carbons (Fsp3) is 0.167. The minimum atomic E-state index is -0.630. The SMILES string of the molecule is Cc1cccc(OC(C)C(=O)Nc2cccc(OCc3cn4ccccc4n3)c2)c1. The standard InChI is InChI=1S/C24H23N3O3/c1-17-7-5-10-22(13-17)30-18(2)24(28)26-19-8-6-9-21(14-19)29-16-20-15-27-12-4-3-11-23(27)25-20/h3-15,18H,16H2,1-2H3,(H,26,28). The molecular weight excluding hydrogens is 378 g/mol. The van der Waals surface area contributed by atoms with Crippen LogP contribution in [0.3, 0.4) is 0 Å². The average Bonchev–Trinajstić information content (AvgIpc) is 3.15. The number of anilines is 1. The number of nitrogens with one attached hydrogen (secondary N) is 1. The van der Waals surface area contributed by atoms with Crippen LogP contribution in [-0.2, 0) is 11.4 Å². The summed E-state index contributed by atoms with van der Waals surface area (Å²) in [6.07, 6.45) is 3.25. The number of hydrogen-bond donors (Lipinski definition) is 1. The zero-order chi connectivity index (χ0) is 20.9. The van der Waals surface area contributed by atoms with Crippen molar-refractivity contribution in [2.75, 3.05) is 5.32 Å². The molecule has 0 fully saturated rings. The van der Waals surface area contributed by atoms with E-state index in [-0.39, 0.29) is 5.91 Å². The van der Waals surface area contributed by atoms with Crippen molar-refractivity contribution >= 4 is 17.2 Å². The van der Waals surface area contributed by atoms with E-state index in [0.717, 1.165) is 16.9 Å². The van der Waals surface area contributed by atoms with E-state index in [2.05, 4.69) is 10.3 Å². The highest BCUT2D eigenvalue weighted by Gasteiger charge is 2.15. The first-order chi connectivity index (χ1) is 14.6. The Morgan fingerprint density at radius 3 is 2.73 bits per heavy atom. The molecule has 1 N–H and O–H groups in total. The fourth-order valence-electron chi connectivity index (χ4n) is 3.07. The van der Waals surface area contributed by atoms with Crippen LogP contribution in [-0.4, -0.2) is 21.4 Å². The van der Waals surface area contributed by atoms with Crippen LogP contribution in [0.15, 0.2) is 79.1 Å². The molecule has 2 heterocycles. The Labute approximate surface area is 175 Å². The van der Waals surface area contributed by atoms with Gasteiger partial charge < -0.3 is 19.2 Å². The number of imidazole rings is 1. The third-order valence-electron chi connectivity index (χ3n) is 4.57. The third kappa shape index (κ3) is 4.78. The average molecular weight is 401 g/mol. The zero-order valence-electron chi connectivity index (χ0n) is 16.9. The van der Waals surface area contributed by atoms with Gasteiger partial charge in [-0.3, -0.25) is 4.79 Å². The summed E-state index contributed by atoms with van der Waals surface area (Å²) in [4.78, 5) is 17.0. The van der Waals surface area contributed by atoms with Crippen molar-refractivity contribution in [1.82, 2.24) is 9.38 Å². The smallest absolute Gasteiger partial charge is 0.265 e. The predicted octanol–water partition coefficient (Wildman–Crippen LogP) is 4.63. The van der Waals surface area contributed by atoms with Crippen molar-refractivity contribution in [3.8, 4) is 11.5 Å². The molecule has 0 saturated heterocycles. The maximum atomic E-state index is 12.5. The van der Waals surface area contributed by atoms with E-state index in [0.29, 0.717) is 23.8 Å². The van der Waals surface area contributed by atoms with Gasteiger partial charge in [-0.15, -0.1) is 0 Å². The molecule has 0 saturated carbocycles. The highest BCUT2D eigenvalue weighted by Crippen LogP contribution is 2.20. The summed E-state index contributed by atoms with van der Waals surface area (Å²) in [7, 11) is 0. The normalized spacial score (nSPS) is 11.8. The summed E-state index contributed by atoms with van der Waals surface area (Å²) in [5, 5.41) is 2.87. The molecule has 0 spiro atoms. The van der Waals surface area contributed by atoms with Crippen molar-refractivity contribution in [1.29, 1.82) is 0 Å². The molecule has 2 aromatic carbocycles. The molecule has 0 aliphatic heterocycles. The van der Waals surface area contributed by atoms with Gasteiger partial charge >= 0.3 is 0 Å². The number of aryl methyl sites for hydroxylation is 1. The van der Waals surface area contributed by atoms with E-state index in [9.17, 15) is 4.79 Å². The summed E-state index contributed by atoms with van der Waals surface area (Å²) in [5.41, 5.74) is 3.43. The van der Waals surface area contributed by atoms with Crippen LogP contribution in [0.4, 0.5) is 5.69 Å². The molecule has 0 aliphatic rings. The number of benzene rings is 2. The molecular formula is C24H23N3O3. The molecule has 0 aliphatic carbocycles. The molecule has 30 heavy (non-hydrogen) atoms. The number of carbonyl (C=O) groups excluding carboxylic acids is 1. The maximum absolute atomic E-state index is 12.5. The fourth-order valence-corrected chi connectivity index (χ4v) is 3.07. The van der Waals surface area contributed by atoms with Crippen LogP contribution in [0.5, 0.6) is 11.5 Å². The number of aromatic nitrogens is 2. The van der Waals surface area contributed by atoms with Gasteiger partial charge in [0, 0.05) is 24.1 Å². The van der Waals surface area contributed by atoms with Gasteiger partial charge in [0.15, 0.2) is 6.10 Å². The Balaban J connectivity index is 1.36. The van der Waals surface area contributed by atoms with Crippen LogP contribution < -0.4 is 14.8 Å². The summed E-state index contributed by atoms with van der Waals surface area (Å²) < 4.78 is 13.5. The Hall–Kier alpha value is -3.80.